The predicted molar refractivity (Wildman–Crippen MR) is 99.0 cm³/mol. The van der Waals surface area contributed by atoms with Crippen molar-refractivity contribution in [1.29, 1.82) is 0 Å². The molecule has 0 aliphatic carbocycles. The van der Waals surface area contributed by atoms with Crippen LogP contribution in [-0.2, 0) is 13.0 Å². The Bertz CT molecular complexity index is 933. The third kappa shape index (κ3) is 3.95. The summed E-state index contributed by atoms with van der Waals surface area (Å²) in [5.74, 6) is 0.521. The van der Waals surface area contributed by atoms with Crippen molar-refractivity contribution in [1.82, 2.24) is 29.9 Å². The topological polar surface area (TPSA) is 97.0 Å². The number of piperidine rings is 1. The van der Waals surface area contributed by atoms with Gasteiger partial charge in [-0.15, -0.1) is 5.10 Å². The van der Waals surface area contributed by atoms with Gasteiger partial charge in [-0.3, -0.25) is 19.4 Å². The average Bonchev–Trinajstić information content (AvgIpc) is 3.15. The average molecular weight is 366 g/mol. The molecule has 0 bridgehead atoms. The van der Waals surface area contributed by atoms with E-state index in [0.717, 1.165) is 49.2 Å². The number of fused-ring (bicyclic) bond motifs is 1. The first-order valence-corrected chi connectivity index (χ1v) is 9.23. The second-order valence-corrected chi connectivity index (χ2v) is 6.90. The fourth-order valence-corrected chi connectivity index (χ4v) is 3.52. The van der Waals surface area contributed by atoms with Crippen LogP contribution in [0.5, 0.6) is 0 Å². The molecule has 1 aromatic carbocycles. The lowest BCUT2D eigenvalue weighted by Crippen LogP contribution is -2.39. The van der Waals surface area contributed by atoms with Gasteiger partial charge in [0.2, 0.25) is 0 Å². The smallest absolute Gasteiger partial charge is 0.253 e. The van der Waals surface area contributed by atoms with Crippen LogP contribution in [0.4, 0.5) is 0 Å². The molecule has 1 fully saturated rings. The molecule has 1 amide bonds. The highest BCUT2D eigenvalue weighted by atomic mass is 16.3. The van der Waals surface area contributed by atoms with Gasteiger partial charge in [0.05, 0.1) is 16.7 Å². The first kappa shape index (κ1) is 17.5. The van der Waals surface area contributed by atoms with Crippen LogP contribution < -0.4 is 0 Å². The number of aromatic nitrogens is 5. The molecule has 4 rings (SSSR count). The summed E-state index contributed by atoms with van der Waals surface area (Å²) in [6.45, 7) is 2.35. The quantitative estimate of drug-likeness (QED) is 0.731. The lowest BCUT2D eigenvalue weighted by molar-refractivity contribution is 0.0681. The minimum Gasteiger partial charge on any atom is -0.396 e. The molecule has 3 heterocycles. The van der Waals surface area contributed by atoms with E-state index in [0.29, 0.717) is 17.9 Å². The Balaban J connectivity index is 1.35. The summed E-state index contributed by atoms with van der Waals surface area (Å²) in [6.07, 6.45) is 7.59. The third-order valence-corrected chi connectivity index (χ3v) is 5.02. The Kier molecular flexibility index (Phi) is 5.06. The van der Waals surface area contributed by atoms with Crippen LogP contribution in [0.25, 0.3) is 11.0 Å². The second-order valence-electron chi connectivity index (χ2n) is 6.90. The summed E-state index contributed by atoms with van der Waals surface area (Å²) in [5, 5.41) is 17.1. The van der Waals surface area contributed by atoms with E-state index in [-0.39, 0.29) is 12.5 Å². The van der Waals surface area contributed by atoms with E-state index in [2.05, 4.69) is 20.3 Å². The first-order valence-electron chi connectivity index (χ1n) is 9.23. The van der Waals surface area contributed by atoms with Gasteiger partial charge in [-0.05, 0) is 37.0 Å². The Labute approximate surface area is 156 Å². The number of carbonyl (C=O) groups excluding carboxylic acids is 1. The monoisotopic (exact) mass is 366 g/mol. The van der Waals surface area contributed by atoms with Gasteiger partial charge in [-0.25, -0.2) is 0 Å². The molecule has 0 atom stereocenters. The molecule has 27 heavy (non-hydrogen) atoms. The predicted octanol–water partition coefficient (Wildman–Crippen LogP) is 1.31. The summed E-state index contributed by atoms with van der Waals surface area (Å²) < 4.78 is 1.84. The summed E-state index contributed by atoms with van der Waals surface area (Å²) in [7, 11) is 0. The molecule has 2 aromatic heterocycles. The molecule has 140 valence electrons. The molecular weight excluding hydrogens is 344 g/mol. The lowest BCUT2D eigenvalue weighted by atomic mass is 9.96. The van der Waals surface area contributed by atoms with Crippen molar-refractivity contribution in [3.63, 3.8) is 0 Å². The van der Waals surface area contributed by atoms with Crippen LogP contribution in [0.1, 0.15) is 28.9 Å². The molecule has 0 saturated carbocycles. The number of likely N-dealkylation sites (tertiary alicyclic amines) is 1. The minimum atomic E-state index is 0.0481. The van der Waals surface area contributed by atoms with Crippen molar-refractivity contribution in [3.05, 3.63) is 48.0 Å². The van der Waals surface area contributed by atoms with Crippen molar-refractivity contribution in [2.24, 2.45) is 5.92 Å². The third-order valence-electron chi connectivity index (χ3n) is 5.02. The highest BCUT2D eigenvalue weighted by Gasteiger charge is 2.24. The van der Waals surface area contributed by atoms with Crippen molar-refractivity contribution in [3.8, 4) is 0 Å². The normalized spacial score (nSPS) is 15.4. The number of hydrogen-bond acceptors (Lipinski definition) is 6. The van der Waals surface area contributed by atoms with Crippen LogP contribution in [0.15, 0.2) is 36.8 Å². The highest BCUT2D eigenvalue weighted by Crippen LogP contribution is 2.21. The molecule has 1 aliphatic heterocycles. The molecule has 1 saturated heterocycles. The van der Waals surface area contributed by atoms with E-state index in [9.17, 15) is 4.79 Å². The number of carbonyl (C=O) groups is 1. The zero-order valence-electron chi connectivity index (χ0n) is 15.0. The number of hydrogen-bond donors (Lipinski definition) is 1. The molecule has 8 nitrogen and oxygen atoms in total. The number of benzene rings is 1. The molecule has 8 heteroatoms. The molecule has 0 radical (unpaired) electrons. The summed E-state index contributed by atoms with van der Waals surface area (Å²) in [5.41, 5.74) is 3.00. The Hall–Kier alpha value is -2.87. The maximum absolute atomic E-state index is 12.8. The van der Waals surface area contributed by atoms with E-state index in [1.807, 2.05) is 34.0 Å². The summed E-state index contributed by atoms with van der Waals surface area (Å²) in [6, 6.07) is 5.48. The van der Waals surface area contributed by atoms with Crippen LogP contribution in [0, 0.1) is 5.92 Å². The highest BCUT2D eigenvalue weighted by molar-refractivity contribution is 5.97. The minimum absolute atomic E-state index is 0.0481. The van der Waals surface area contributed by atoms with Crippen molar-refractivity contribution in [2.45, 2.75) is 25.8 Å². The van der Waals surface area contributed by atoms with E-state index in [1.54, 1.807) is 12.4 Å². The summed E-state index contributed by atoms with van der Waals surface area (Å²) >= 11 is 0. The molecule has 3 aromatic rings. The van der Waals surface area contributed by atoms with Crippen LogP contribution >= 0.6 is 0 Å². The van der Waals surface area contributed by atoms with Crippen molar-refractivity contribution >= 4 is 16.9 Å². The Morgan fingerprint density at radius 2 is 1.93 bits per heavy atom. The number of aliphatic hydroxyl groups excluding tert-OH is 1. The zero-order chi connectivity index (χ0) is 18.6. The maximum Gasteiger partial charge on any atom is 0.253 e. The van der Waals surface area contributed by atoms with Gasteiger partial charge < -0.3 is 10.0 Å². The lowest BCUT2D eigenvalue weighted by Gasteiger charge is -2.32. The molecular formula is C19H22N6O2. The molecule has 1 aliphatic rings. The maximum atomic E-state index is 12.8. The first-order chi connectivity index (χ1) is 13.2. The standard InChI is InChI=1S/C19H22N6O2/c26-10-5-16-13-25(23-22-16)12-14-3-8-24(9-4-14)19(27)15-1-2-17-18(11-15)21-7-6-20-17/h1-2,6-7,11,13-14,26H,3-5,8-10,12H2. The molecule has 0 spiro atoms. The Morgan fingerprint density at radius 1 is 1.15 bits per heavy atom. The number of amides is 1. The van der Waals surface area contributed by atoms with Gasteiger partial charge in [0, 0.05) is 56.8 Å². The second kappa shape index (κ2) is 7.79. The van der Waals surface area contributed by atoms with E-state index in [1.165, 1.54) is 0 Å². The largest absolute Gasteiger partial charge is 0.396 e. The number of rotatable bonds is 5. The fraction of sp³-hybridized carbons (Fsp3) is 0.421. The van der Waals surface area contributed by atoms with Gasteiger partial charge in [0.15, 0.2) is 0 Å². The van der Waals surface area contributed by atoms with Gasteiger partial charge >= 0.3 is 0 Å². The van der Waals surface area contributed by atoms with Crippen LogP contribution in [0.2, 0.25) is 0 Å². The molecule has 0 unspecified atom stereocenters. The number of aliphatic hydroxyl groups is 1. The van der Waals surface area contributed by atoms with Crippen molar-refractivity contribution in [2.75, 3.05) is 19.7 Å². The van der Waals surface area contributed by atoms with Crippen LogP contribution in [0.3, 0.4) is 0 Å². The fourth-order valence-electron chi connectivity index (χ4n) is 3.52. The van der Waals surface area contributed by atoms with Crippen LogP contribution in [-0.4, -0.2) is 60.6 Å². The SMILES string of the molecule is O=C(c1ccc2nccnc2c1)N1CCC(Cn2cc(CCO)nn2)CC1. The van der Waals surface area contributed by atoms with E-state index in [4.69, 9.17) is 5.11 Å². The van der Waals surface area contributed by atoms with Gasteiger partial charge in [-0.2, -0.15) is 0 Å². The van der Waals surface area contributed by atoms with Gasteiger partial charge in [0.1, 0.15) is 0 Å². The Morgan fingerprint density at radius 3 is 2.70 bits per heavy atom. The van der Waals surface area contributed by atoms with E-state index >= 15 is 0 Å². The van der Waals surface area contributed by atoms with Crippen molar-refractivity contribution < 1.29 is 9.90 Å². The zero-order valence-corrected chi connectivity index (χ0v) is 15.0. The van der Waals surface area contributed by atoms with Gasteiger partial charge in [0.25, 0.3) is 5.91 Å². The van der Waals surface area contributed by atoms with Gasteiger partial charge in [-0.1, -0.05) is 5.21 Å². The van der Waals surface area contributed by atoms with E-state index < -0.39 is 0 Å². The number of nitrogens with zero attached hydrogens (tertiary/aromatic N) is 6. The molecule has 1 N–H and O–H groups in total. The summed E-state index contributed by atoms with van der Waals surface area (Å²) in [4.78, 5) is 23.2.